The zero-order valence-electron chi connectivity index (χ0n) is 35.1. The van der Waals surface area contributed by atoms with Gasteiger partial charge < -0.3 is 53.8 Å². The minimum atomic E-state index is -1.39. The standard InChI is InChI=1S/C44H54F2N4O12/c1-44(2,3)62-43(55)50-27-35(36(28-50)49-42(54)31-8-9-32-25-47-26-33(32)24-31)48-41(53)30-6-4-29(5-7-30)40(52)38-37(11-10-34(45)39(38)46)61-23-22-60-21-20-59-19-18-58-17-16-57-15-14-56-13-12-51/h4-11,24-25,35-36,51H,12-23,26-28H2,1-3H3,(H,48,53)(H,49,54)/t35-,36-/m1/s1. The van der Waals surface area contributed by atoms with Crippen LogP contribution in [0.15, 0.2) is 59.6 Å². The van der Waals surface area contributed by atoms with Crippen molar-refractivity contribution >= 4 is 29.9 Å². The molecule has 5 rings (SSSR count). The number of nitrogens with zero attached hydrogens (tertiary/aromatic N) is 2. The fourth-order valence-electron chi connectivity index (χ4n) is 6.37. The molecule has 0 unspecified atom stereocenters. The molecular formula is C44H54F2N4O12. The van der Waals surface area contributed by atoms with Gasteiger partial charge in [-0.3, -0.25) is 19.4 Å². The summed E-state index contributed by atoms with van der Waals surface area (Å²) in [5, 5.41) is 14.5. The number of amides is 3. The summed E-state index contributed by atoms with van der Waals surface area (Å²) in [6.07, 6.45) is 1.14. The Labute approximate surface area is 358 Å². The molecule has 0 bridgehead atoms. The highest BCUT2D eigenvalue weighted by Crippen LogP contribution is 2.27. The van der Waals surface area contributed by atoms with Crippen LogP contribution in [0.2, 0.25) is 0 Å². The first-order chi connectivity index (χ1) is 29.8. The summed E-state index contributed by atoms with van der Waals surface area (Å²) < 4.78 is 67.5. The molecule has 0 radical (unpaired) electrons. The van der Waals surface area contributed by atoms with Gasteiger partial charge >= 0.3 is 6.09 Å². The smallest absolute Gasteiger partial charge is 0.410 e. The van der Waals surface area contributed by atoms with Gasteiger partial charge in [0.15, 0.2) is 17.4 Å². The van der Waals surface area contributed by atoms with Crippen molar-refractivity contribution in [2.24, 2.45) is 4.99 Å². The van der Waals surface area contributed by atoms with Crippen LogP contribution >= 0.6 is 0 Å². The lowest BCUT2D eigenvalue weighted by Gasteiger charge is -2.24. The molecule has 16 nitrogen and oxygen atoms in total. The van der Waals surface area contributed by atoms with Gasteiger partial charge in [-0.05, 0) is 68.3 Å². The maximum atomic E-state index is 15.1. The summed E-state index contributed by atoms with van der Waals surface area (Å²) in [5.41, 5.74) is 0.956. The van der Waals surface area contributed by atoms with Crippen LogP contribution in [-0.4, -0.2) is 150 Å². The van der Waals surface area contributed by atoms with Crippen molar-refractivity contribution in [1.82, 2.24) is 15.5 Å². The summed E-state index contributed by atoms with van der Waals surface area (Å²) in [6.45, 7) is 8.84. The number of hydrogen-bond donors (Lipinski definition) is 3. The maximum Gasteiger partial charge on any atom is 0.410 e. The van der Waals surface area contributed by atoms with E-state index in [1.54, 1.807) is 39.1 Å². The molecule has 0 saturated carbocycles. The first-order valence-corrected chi connectivity index (χ1v) is 20.3. The predicted octanol–water partition coefficient (Wildman–Crippen LogP) is 3.73. The zero-order valence-corrected chi connectivity index (χ0v) is 35.1. The van der Waals surface area contributed by atoms with E-state index in [0.29, 0.717) is 51.7 Å². The van der Waals surface area contributed by atoms with Gasteiger partial charge in [-0.1, -0.05) is 18.2 Å². The lowest BCUT2D eigenvalue weighted by atomic mass is 10.00. The summed E-state index contributed by atoms with van der Waals surface area (Å²) >= 11 is 0. The van der Waals surface area contributed by atoms with Gasteiger partial charge in [-0.2, -0.15) is 0 Å². The molecule has 2 aliphatic rings. The predicted molar refractivity (Wildman–Crippen MR) is 221 cm³/mol. The highest BCUT2D eigenvalue weighted by Gasteiger charge is 2.39. The molecule has 0 spiro atoms. The Morgan fingerprint density at radius 2 is 1.23 bits per heavy atom. The number of ether oxygens (including phenoxy) is 7. The lowest BCUT2D eigenvalue weighted by molar-refractivity contribution is -0.0146. The average molecular weight is 869 g/mol. The lowest BCUT2D eigenvalue weighted by Crippen LogP contribution is -2.51. The molecule has 336 valence electrons. The van der Waals surface area contributed by atoms with Gasteiger partial charge in [0.1, 0.15) is 23.5 Å². The second kappa shape index (κ2) is 23.7. The summed E-state index contributed by atoms with van der Waals surface area (Å²) in [7, 11) is 0. The number of aliphatic hydroxyl groups is 1. The first kappa shape index (κ1) is 47.7. The number of likely N-dealkylation sites (tertiary alicyclic amines) is 1. The molecule has 2 atom stereocenters. The van der Waals surface area contributed by atoms with Crippen LogP contribution in [0.1, 0.15) is 68.5 Å². The highest BCUT2D eigenvalue weighted by molar-refractivity contribution is 6.11. The van der Waals surface area contributed by atoms with E-state index >= 15 is 4.39 Å². The third-order valence-electron chi connectivity index (χ3n) is 9.40. The molecule has 2 aliphatic heterocycles. The monoisotopic (exact) mass is 868 g/mol. The topological polar surface area (TPSA) is 193 Å². The Bertz CT molecular complexity index is 2010. The number of fused-ring (bicyclic) bond motifs is 1. The van der Waals surface area contributed by atoms with Crippen LogP contribution in [-0.2, 0) is 35.0 Å². The van der Waals surface area contributed by atoms with E-state index in [9.17, 15) is 23.6 Å². The zero-order chi connectivity index (χ0) is 44.5. The van der Waals surface area contributed by atoms with E-state index in [0.717, 1.165) is 23.3 Å². The van der Waals surface area contributed by atoms with Gasteiger partial charge in [0.05, 0.1) is 91.3 Å². The molecule has 3 amide bonds. The van der Waals surface area contributed by atoms with E-state index in [1.807, 2.05) is 6.07 Å². The number of ketones is 1. The number of carbonyl (C=O) groups excluding carboxylic acids is 4. The number of aliphatic hydroxyl groups excluding tert-OH is 1. The maximum absolute atomic E-state index is 15.1. The van der Waals surface area contributed by atoms with Crippen molar-refractivity contribution in [3.05, 3.63) is 99.6 Å². The first-order valence-electron chi connectivity index (χ1n) is 20.3. The average Bonchev–Trinajstić information content (AvgIpc) is 3.89. The van der Waals surface area contributed by atoms with Gasteiger partial charge in [-0.15, -0.1) is 0 Å². The van der Waals surface area contributed by atoms with Crippen LogP contribution in [0.4, 0.5) is 13.6 Å². The fourth-order valence-corrected chi connectivity index (χ4v) is 6.37. The number of rotatable bonds is 24. The van der Waals surface area contributed by atoms with Crippen molar-refractivity contribution in [2.75, 3.05) is 92.4 Å². The number of hydrogen-bond acceptors (Lipinski definition) is 13. The second-order valence-corrected chi connectivity index (χ2v) is 15.2. The van der Waals surface area contributed by atoms with Crippen LogP contribution in [0.5, 0.6) is 5.75 Å². The molecule has 3 aromatic rings. The van der Waals surface area contributed by atoms with Crippen LogP contribution < -0.4 is 15.4 Å². The molecule has 0 aliphatic carbocycles. The normalized spacial score (nSPS) is 15.7. The van der Waals surface area contributed by atoms with E-state index in [2.05, 4.69) is 15.6 Å². The van der Waals surface area contributed by atoms with Gasteiger partial charge in [0.2, 0.25) is 0 Å². The van der Waals surface area contributed by atoms with E-state index < -0.39 is 52.7 Å². The van der Waals surface area contributed by atoms with E-state index in [1.165, 1.54) is 29.2 Å². The van der Waals surface area contributed by atoms with Crippen molar-refractivity contribution in [2.45, 2.75) is 45.0 Å². The largest absolute Gasteiger partial charge is 0.490 e. The molecule has 62 heavy (non-hydrogen) atoms. The molecule has 2 heterocycles. The molecule has 18 heteroatoms. The summed E-state index contributed by atoms with van der Waals surface area (Å²) in [6, 6.07) is 11.2. The Morgan fingerprint density at radius 3 is 1.79 bits per heavy atom. The Hall–Kier alpha value is -5.37. The van der Waals surface area contributed by atoms with Crippen molar-refractivity contribution in [1.29, 1.82) is 0 Å². The quantitative estimate of drug-likeness (QED) is 0.0875. The van der Waals surface area contributed by atoms with Crippen molar-refractivity contribution < 1.29 is 66.2 Å². The molecule has 1 saturated heterocycles. The molecule has 1 fully saturated rings. The van der Waals surface area contributed by atoms with E-state index in [4.69, 9.17) is 38.3 Å². The molecular weight excluding hydrogens is 814 g/mol. The second-order valence-electron chi connectivity index (χ2n) is 15.2. The Balaban J connectivity index is 1.10. The number of halogens is 2. The summed E-state index contributed by atoms with van der Waals surface area (Å²) in [5.74, 6) is -4.64. The van der Waals surface area contributed by atoms with Gasteiger partial charge in [-0.25, -0.2) is 13.6 Å². The SMILES string of the molecule is CC(C)(C)OC(=O)N1C[C@@H](NC(=O)c2ccc(C(=O)c3c(OCCOCCOCCOCCOCCOCCO)ccc(F)c3F)cc2)[C@H](NC(=O)c2ccc3c(c2)CN=C3)C1. The number of carbonyl (C=O) groups is 4. The Kier molecular flexibility index (Phi) is 18.3. The summed E-state index contributed by atoms with van der Waals surface area (Å²) in [4.78, 5) is 59.1. The molecule has 3 N–H and O–H groups in total. The fraction of sp³-hybridized carbons (Fsp3) is 0.477. The van der Waals surface area contributed by atoms with Crippen LogP contribution in [0.25, 0.3) is 0 Å². The van der Waals surface area contributed by atoms with E-state index in [-0.39, 0.29) is 75.5 Å². The number of nitrogens with one attached hydrogen (secondary N) is 2. The Morgan fingerprint density at radius 1 is 0.710 bits per heavy atom. The minimum absolute atomic E-state index is 0.0300. The van der Waals surface area contributed by atoms with Crippen molar-refractivity contribution in [3.8, 4) is 5.75 Å². The van der Waals surface area contributed by atoms with Crippen LogP contribution in [0, 0.1) is 11.6 Å². The number of aliphatic imine (C=N–C) groups is 1. The number of benzene rings is 3. The minimum Gasteiger partial charge on any atom is -0.490 e. The molecule has 3 aromatic carbocycles. The van der Waals surface area contributed by atoms with Gasteiger partial charge in [0.25, 0.3) is 11.8 Å². The highest BCUT2D eigenvalue weighted by atomic mass is 19.2. The third-order valence-corrected chi connectivity index (χ3v) is 9.40. The third kappa shape index (κ3) is 14.4. The van der Waals surface area contributed by atoms with Gasteiger partial charge in [0, 0.05) is 36.0 Å². The van der Waals surface area contributed by atoms with Crippen molar-refractivity contribution in [3.63, 3.8) is 0 Å². The molecule has 0 aromatic heterocycles. The van der Waals surface area contributed by atoms with Crippen LogP contribution in [0.3, 0.4) is 0 Å².